The molecular weight excluding hydrogens is 464 g/mol. The Bertz CT molecular complexity index is 1310. The summed E-state index contributed by atoms with van der Waals surface area (Å²) in [5.74, 6) is -1.12. The number of benzene rings is 3. The van der Waals surface area contributed by atoms with E-state index in [2.05, 4.69) is 10.6 Å². The second-order valence-corrected chi connectivity index (χ2v) is 7.60. The van der Waals surface area contributed by atoms with Gasteiger partial charge in [0.15, 0.2) is 0 Å². The number of non-ortho nitro benzene ring substituents is 1. The van der Waals surface area contributed by atoms with E-state index in [-0.39, 0.29) is 27.5 Å². The molecule has 0 aliphatic carbocycles. The molecule has 0 aromatic heterocycles. The molecule has 3 aromatic rings. The van der Waals surface area contributed by atoms with Crippen LogP contribution >= 0.6 is 11.6 Å². The van der Waals surface area contributed by atoms with Crippen LogP contribution < -0.4 is 15.5 Å². The summed E-state index contributed by atoms with van der Waals surface area (Å²) in [6, 6.07) is 16.6. The Morgan fingerprint density at radius 3 is 2.44 bits per heavy atom. The van der Waals surface area contributed by atoms with Crippen LogP contribution in [0.3, 0.4) is 0 Å². The summed E-state index contributed by atoms with van der Waals surface area (Å²) in [4.78, 5) is 49.2. The molecule has 0 saturated carbocycles. The smallest absolute Gasteiger partial charge is 0.414 e. The molecule has 0 atom stereocenters. The van der Waals surface area contributed by atoms with Gasteiger partial charge in [0.2, 0.25) is 0 Å². The molecule has 172 valence electrons. The fourth-order valence-corrected chi connectivity index (χ4v) is 3.62. The molecule has 11 heteroatoms. The van der Waals surface area contributed by atoms with Crippen LogP contribution in [0.25, 0.3) is 0 Å². The van der Waals surface area contributed by atoms with Gasteiger partial charge in [-0.25, -0.2) is 4.79 Å². The summed E-state index contributed by atoms with van der Waals surface area (Å²) < 4.78 is 4.94. The molecule has 10 nitrogen and oxygen atoms in total. The SMILES string of the molecule is O=C(Nc1ccccc1C(=O)Nc1cccc(N2CCOC2=O)c1)c1ccc([N+](=O)[O-])cc1Cl. The Morgan fingerprint density at radius 1 is 0.971 bits per heavy atom. The number of nitro groups is 1. The van der Waals surface area contributed by atoms with Crippen LogP contribution in [-0.2, 0) is 4.74 Å². The van der Waals surface area contributed by atoms with Gasteiger partial charge in [-0.05, 0) is 36.4 Å². The highest BCUT2D eigenvalue weighted by Gasteiger charge is 2.24. The first-order valence-corrected chi connectivity index (χ1v) is 10.4. The summed E-state index contributed by atoms with van der Waals surface area (Å²) in [5.41, 5.74) is 1.20. The molecule has 0 unspecified atom stereocenters. The van der Waals surface area contributed by atoms with Crippen molar-refractivity contribution in [3.05, 3.63) is 93.0 Å². The Hall–Kier alpha value is -4.44. The number of carbonyl (C=O) groups is 3. The summed E-state index contributed by atoms with van der Waals surface area (Å²) >= 11 is 6.04. The van der Waals surface area contributed by atoms with Gasteiger partial charge in [-0.15, -0.1) is 0 Å². The number of para-hydroxylation sites is 1. The third-order valence-electron chi connectivity index (χ3n) is 5.00. The maximum atomic E-state index is 13.0. The number of ether oxygens (including phenoxy) is 1. The highest BCUT2D eigenvalue weighted by Crippen LogP contribution is 2.26. The lowest BCUT2D eigenvalue weighted by Gasteiger charge is -2.15. The maximum Gasteiger partial charge on any atom is 0.414 e. The van der Waals surface area contributed by atoms with Crippen molar-refractivity contribution < 1.29 is 24.0 Å². The largest absolute Gasteiger partial charge is 0.447 e. The lowest BCUT2D eigenvalue weighted by Crippen LogP contribution is -2.23. The molecular formula is C23H17ClN4O6. The average molecular weight is 481 g/mol. The van der Waals surface area contributed by atoms with Crippen molar-refractivity contribution in [1.82, 2.24) is 0 Å². The Morgan fingerprint density at radius 2 is 1.74 bits per heavy atom. The monoisotopic (exact) mass is 480 g/mol. The Balaban J connectivity index is 1.52. The van der Waals surface area contributed by atoms with Crippen LogP contribution in [0.2, 0.25) is 5.02 Å². The van der Waals surface area contributed by atoms with Crippen molar-refractivity contribution >= 4 is 52.3 Å². The molecule has 0 radical (unpaired) electrons. The van der Waals surface area contributed by atoms with E-state index in [4.69, 9.17) is 16.3 Å². The standard InChI is InChI=1S/C23H17ClN4O6/c24-19-13-16(28(32)33)8-9-17(19)21(29)26-20-7-2-1-6-18(20)22(30)25-14-4-3-5-15(12-14)27-10-11-34-23(27)31/h1-9,12-13H,10-11H2,(H,25,30)(H,26,29). The second-order valence-electron chi connectivity index (χ2n) is 7.19. The van der Waals surface area contributed by atoms with E-state index in [1.165, 1.54) is 23.1 Å². The summed E-state index contributed by atoms with van der Waals surface area (Å²) in [6.07, 6.45) is -0.457. The summed E-state index contributed by atoms with van der Waals surface area (Å²) in [7, 11) is 0. The normalized spacial score (nSPS) is 12.7. The zero-order valence-corrected chi connectivity index (χ0v) is 18.2. The first-order chi connectivity index (χ1) is 16.3. The van der Waals surface area contributed by atoms with Crippen LogP contribution in [0.5, 0.6) is 0 Å². The van der Waals surface area contributed by atoms with E-state index in [9.17, 15) is 24.5 Å². The summed E-state index contributed by atoms with van der Waals surface area (Å²) in [5, 5.41) is 16.2. The van der Waals surface area contributed by atoms with Crippen LogP contribution in [0.15, 0.2) is 66.7 Å². The van der Waals surface area contributed by atoms with Gasteiger partial charge in [-0.2, -0.15) is 0 Å². The van der Waals surface area contributed by atoms with Crippen LogP contribution in [-0.4, -0.2) is 36.0 Å². The second kappa shape index (κ2) is 9.59. The molecule has 4 rings (SSSR count). The van der Waals surface area contributed by atoms with E-state index >= 15 is 0 Å². The molecule has 34 heavy (non-hydrogen) atoms. The number of halogens is 1. The van der Waals surface area contributed by atoms with E-state index in [1.54, 1.807) is 42.5 Å². The minimum Gasteiger partial charge on any atom is -0.447 e. The minimum atomic E-state index is -0.630. The predicted octanol–water partition coefficient (Wildman–Crippen LogP) is 4.71. The van der Waals surface area contributed by atoms with Crippen molar-refractivity contribution in [2.24, 2.45) is 0 Å². The van der Waals surface area contributed by atoms with E-state index < -0.39 is 22.8 Å². The first kappa shape index (κ1) is 22.7. The fourth-order valence-electron chi connectivity index (χ4n) is 3.36. The number of nitrogens with zero attached hydrogens (tertiary/aromatic N) is 2. The van der Waals surface area contributed by atoms with Gasteiger partial charge in [0.05, 0.1) is 33.3 Å². The van der Waals surface area contributed by atoms with Crippen LogP contribution in [0, 0.1) is 10.1 Å². The highest BCUT2D eigenvalue weighted by atomic mass is 35.5. The van der Waals surface area contributed by atoms with Crippen LogP contribution in [0.4, 0.5) is 27.5 Å². The fraction of sp³-hybridized carbons (Fsp3) is 0.0870. The molecule has 0 spiro atoms. The molecule has 2 N–H and O–H groups in total. The number of hydrogen-bond donors (Lipinski definition) is 2. The van der Waals surface area contributed by atoms with Gasteiger partial charge in [0, 0.05) is 23.5 Å². The Kier molecular flexibility index (Phi) is 6.42. The highest BCUT2D eigenvalue weighted by molar-refractivity contribution is 6.34. The zero-order valence-electron chi connectivity index (χ0n) is 17.5. The molecule has 1 saturated heterocycles. The van der Waals surface area contributed by atoms with Crippen molar-refractivity contribution in [3.8, 4) is 0 Å². The number of nitrogens with one attached hydrogen (secondary N) is 2. The minimum absolute atomic E-state index is 0.0210. The third kappa shape index (κ3) is 4.81. The molecule has 1 aliphatic rings. The van der Waals surface area contributed by atoms with Crippen molar-refractivity contribution in [3.63, 3.8) is 0 Å². The number of hydrogen-bond acceptors (Lipinski definition) is 6. The number of amides is 3. The zero-order chi connectivity index (χ0) is 24.2. The van der Waals surface area contributed by atoms with Gasteiger partial charge < -0.3 is 15.4 Å². The number of anilines is 3. The molecule has 3 aromatic carbocycles. The molecule has 1 fully saturated rings. The molecule has 1 heterocycles. The van der Waals surface area contributed by atoms with Crippen molar-refractivity contribution in [2.45, 2.75) is 0 Å². The van der Waals surface area contributed by atoms with Gasteiger partial charge in [-0.1, -0.05) is 29.8 Å². The van der Waals surface area contributed by atoms with Gasteiger partial charge in [0.1, 0.15) is 6.61 Å². The number of cyclic esters (lactones) is 1. The molecule has 1 aliphatic heterocycles. The average Bonchev–Trinajstić information content (AvgIpc) is 3.25. The Labute approximate surface area is 198 Å². The maximum absolute atomic E-state index is 13.0. The number of nitro benzene ring substituents is 1. The van der Waals surface area contributed by atoms with Gasteiger partial charge in [0.25, 0.3) is 17.5 Å². The topological polar surface area (TPSA) is 131 Å². The van der Waals surface area contributed by atoms with E-state index in [0.29, 0.717) is 24.5 Å². The quantitative estimate of drug-likeness (QED) is 0.388. The van der Waals surface area contributed by atoms with Gasteiger partial charge in [-0.3, -0.25) is 24.6 Å². The lowest BCUT2D eigenvalue weighted by molar-refractivity contribution is -0.384. The summed E-state index contributed by atoms with van der Waals surface area (Å²) in [6.45, 7) is 0.706. The number of rotatable bonds is 6. The van der Waals surface area contributed by atoms with Crippen LogP contribution in [0.1, 0.15) is 20.7 Å². The van der Waals surface area contributed by atoms with Crippen molar-refractivity contribution in [1.29, 1.82) is 0 Å². The molecule has 0 bridgehead atoms. The predicted molar refractivity (Wildman–Crippen MR) is 126 cm³/mol. The number of carbonyl (C=O) groups excluding carboxylic acids is 3. The van der Waals surface area contributed by atoms with Gasteiger partial charge >= 0.3 is 6.09 Å². The van der Waals surface area contributed by atoms with E-state index in [1.807, 2.05) is 0 Å². The van der Waals surface area contributed by atoms with Crippen molar-refractivity contribution in [2.75, 3.05) is 28.7 Å². The first-order valence-electron chi connectivity index (χ1n) is 10.0. The third-order valence-corrected chi connectivity index (χ3v) is 5.32. The molecule has 3 amide bonds. The lowest BCUT2D eigenvalue weighted by atomic mass is 10.1. The van der Waals surface area contributed by atoms with E-state index in [0.717, 1.165) is 6.07 Å².